The third-order valence-corrected chi connectivity index (χ3v) is 6.20. The standard InChI is InChI=1S/C12H17NO2S.C9H15NO4S/c1-3-16-10-13(2)12(14)15-9-11-7-5-4-6-8-11;1-6(11)10-5-15-4-8(10)9(13)3-14-7(2)12/h4-8H,3,9-10H2,1-2H3;6,8,11H,3-5H2,1-2H3. The van der Waals surface area contributed by atoms with E-state index in [9.17, 15) is 19.5 Å². The maximum atomic E-state index is 11.6. The van der Waals surface area contributed by atoms with Crippen LogP contribution < -0.4 is 0 Å². The summed E-state index contributed by atoms with van der Waals surface area (Å²) in [5.41, 5.74) is 1.01. The SMILES string of the molecule is CC(=O)OCC(=O)C1CSCN1C(C)O.CCSCN(C)C(=O)OCc1ccccc1. The molecule has 1 aliphatic heterocycles. The van der Waals surface area contributed by atoms with Crippen molar-refractivity contribution in [2.45, 2.75) is 39.6 Å². The number of nitrogens with zero attached hydrogens (tertiary/aromatic N) is 2. The normalized spacial score (nSPS) is 16.6. The lowest BCUT2D eigenvalue weighted by atomic mass is 10.2. The molecule has 0 bridgehead atoms. The van der Waals surface area contributed by atoms with E-state index in [0.29, 0.717) is 24.1 Å². The number of rotatable bonds is 9. The van der Waals surface area contributed by atoms with Crippen molar-refractivity contribution in [2.75, 3.05) is 36.9 Å². The summed E-state index contributed by atoms with van der Waals surface area (Å²) >= 11 is 3.28. The van der Waals surface area contributed by atoms with E-state index in [0.717, 1.165) is 11.3 Å². The van der Waals surface area contributed by atoms with Crippen molar-refractivity contribution < 1.29 is 29.0 Å². The van der Waals surface area contributed by atoms with Gasteiger partial charge in [0.2, 0.25) is 0 Å². The summed E-state index contributed by atoms with van der Waals surface area (Å²) in [6, 6.07) is 9.34. The number of Topliss-reactive ketones (excluding diaryl/α,β-unsaturated/α-hetero) is 1. The molecule has 1 N–H and O–H groups in total. The fourth-order valence-corrected chi connectivity index (χ4v) is 4.36. The zero-order chi connectivity index (χ0) is 23.2. The smallest absolute Gasteiger partial charge is 0.410 e. The lowest BCUT2D eigenvalue weighted by Crippen LogP contribution is -2.44. The molecular formula is C21H32N2O6S2. The van der Waals surface area contributed by atoms with Gasteiger partial charge in [0.25, 0.3) is 0 Å². The molecule has 2 atom stereocenters. The first-order valence-corrected chi connectivity index (χ1v) is 12.2. The molecule has 1 fully saturated rings. The Labute approximate surface area is 192 Å². The number of benzene rings is 1. The minimum Gasteiger partial charge on any atom is -0.458 e. The highest BCUT2D eigenvalue weighted by Crippen LogP contribution is 2.23. The van der Waals surface area contributed by atoms with Crippen LogP contribution in [-0.4, -0.2) is 81.9 Å². The highest BCUT2D eigenvalue weighted by atomic mass is 32.2. The number of thioether (sulfide) groups is 2. The zero-order valence-electron chi connectivity index (χ0n) is 18.5. The zero-order valence-corrected chi connectivity index (χ0v) is 20.1. The monoisotopic (exact) mass is 472 g/mol. The number of esters is 1. The fourth-order valence-electron chi connectivity index (χ4n) is 2.48. The molecule has 10 heteroatoms. The van der Waals surface area contributed by atoms with Gasteiger partial charge in [-0.25, -0.2) is 4.79 Å². The Hall–Kier alpha value is -1.75. The van der Waals surface area contributed by atoms with E-state index in [-0.39, 0.29) is 24.5 Å². The van der Waals surface area contributed by atoms with Crippen LogP contribution in [0.2, 0.25) is 0 Å². The molecule has 0 aliphatic carbocycles. The molecule has 0 aromatic heterocycles. The minimum absolute atomic E-state index is 0.156. The number of amides is 1. The molecule has 1 saturated heterocycles. The molecule has 2 rings (SSSR count). The molecule has 1 aromatic carbocycles. The van der Waals surface area contributed by atoms with Crippen molar-refractivity contribution in [3.63, 3.8) is 0 Å². The van der Waals surface area contributed by atoms with Crippen molar-refractivity contribution in [3.05, 3.63) is 35.9 Å². The molecule has 1 aliphatic rings. The Balaban J connectivity index is 0.000000311. The van der Waals surface area contributed by atoms with Gasteiger partial charge in [0, 0.05) is 25.6 Å². The fraction of sp³-hybridized carbons (Fsp3) is 0.571. The maximum Gasteiger partial charge on any atom is 0.410 e. The van der Waals surface area contributed by atoms with Crippen LogP contribution in [0.4, 0.5) is 4.79 Å². The lowest BCUT2D eigenvalue weighted by Gasteiger charge is -2.24. The van der Waals surface area contributed by atoms with Crippen LogP contribution in [0.1, 0.15) is 26.3 Å². The van der Waals surface area contributed by atoms with Crippen LogP contribution in [0.5, 0.6) is 0 Å². The van der Waals surface area contributed by atoms with Gasteiger partial charge >= 0.3 is 12.1 Å². The second-order valence-corrected chi connectivity index (χ2v) is 9.01. The quantitative estimate of drug-likeness (QED) is 0.430. The number of carbonyl (C=O) groups is 3. The van der Waals surface area contributed by atoms with Crippen LogP contribution in [0.15, 0.2) is 30.3 Å². The predicted octanol–water partition coefficient (Wildman–Crippen LogP) is 2.80. The topological polar surface area (TPSA) is 96.4 Å². The number of hydrogen-bond acceptors (Lipinski definition) is 9. The second kappa shape index (κ2) is 15.1. The first kappa shape index (κ1) is 27.3. The Kier molecular flexibility index (Phi) is 13.3. The number of hydrogen-bond donors (Lipinski definition) is 1. The number of ether oxygens (including phenoxy) is 2. The number of aliphatic hydroxyl groups is 1. The van der Waals surface area contributed by atoms with Crippen LogP contribution >= 0.6 is 23.5 Å². The van der Waals surface area contributed by atoms with Crippen molar-refractivity contribution in [3.8, 4) is 0 Å². The molecule has 174 valence electrons. The van der Waals surface area contributed by atoms with Gasteiger partial charge in [0.1, 0.15) is 12.8 Å². The second-order valence-electron chi connectivity index (χ2n) is 6.77. The summed E-state index contributed by atoms with van der Waals surface area (Å²) in [4.78, 5) is 36.9. The highest BCUT2D eigenvalue weighted by molar-refractivity contribution is 7.99. The molecular weight excluding hydrogens is 440 g/mol. The van der Waals surface area contributed by atoms with Crippen LogP contribution in [-0.2, 0) is 25.7 Å². The Morgan fingerprint density at radius 1 is 1.29 bits per heavy atom. The molecule has 1 aromatic rings. The molecule has 31 heavy (non-hydrogen) atoms. The lowest BCUT2D eigenvalue weighted by molar-refractivity contribution is -0.147. The Morgan fingerprint density at radius 3 is 2.55 bits per heavy atom. The molecule has 0 spiro atoms. The molecule has 1 heterocycles. The molecule has 0 radical (unpaired) electrons. The van der Waals surface area contributed by atoms with Crippen molar-refractivity contribution in [1.82, 2.24) is 9.80 Å². The summed E-state index contributed by atoms with van der Waals surface area (Å²) in [6.45, 7) is 5.08. The number of carbonyl (C=O) groups excluding carboxylic acids is 3. The van der Waals surface area contributed by atoms with E-state index < -0.39 is 12.2 Å². The van der Waals surface area contributed by atoms with E-state index in [4.69, 9.17) is 4.74 Å². The highest BCUT2D eigenvalue weighted by Gasteiger charge is 2.33. The van der Waals surface area contributed by atoms with Gasteiger partial charge in [-0.15, -0.1) is 23.5 Å². The molecule has 1 amide bonds. The third-order valence-electron chi connectivity index (χ3n) is 4.19. The van der Waals surface area contributed by atoms with E-state index in [1.165, 1.54) is 6.92 Å². The Bertz CT molecular complexity index is 690. The van der Waals surface area contributed by atoms with E-state index in [2.05, 4.69) is 11.7 Å². The largest absolute Gasteiger partial charge is 0.458 e. The van der Waals surface area contributed by atoms with Gasteiger partial charge in [-0.1, -0.05) is 37.3 Å². The van der Waals surface area contributed by atoms with E-state index in [1.807, 2.05) is 30.3 Å². The average Bonchev–Trinajstić information content (AvgIpc) is 3.25. The summed E-state index contributed by atoms with van der Waals surface area (Å²) in [7, 11) is 1.75. The van der Waals surface area contributed by atoms with Crippen molar-refractivity contribution >= 4 is 41.4 Å². The first-order valence-electron chi connectivity index (χ1n) is 9.93. The average molecular weight is 473 g/mol. The number of aliphatic hydroxyl groups excluding tert-OH is 1. The van der Waals surface area contributed by atoms with Gasteiger partial charge < -0.3 is 19.5 Å². The first-order chi connectivity index (χ1) is 14.8. The maximum absolute atomic E-state index is 11.6. The van der Waals surface area contributed by atoms with Crippen LogP contribution in [0.25, 0.3) is 0 Å². The Morgan fingerprint density at radius 2 is 1.97 bits per heavy atom. The predicted molar refractivity (Wildman–Crippen MR) is 124 cm³/mol. The number of ketones is 1. The van der Waals surface area contributed by atoms with Gasteiger partial charge in [-0.3, -0.25) is 14.5 Å². The summed E-state index contributed by atoms with van der Waals surface area (Å²) < 4.78 is 9.80. The van der Waals surface area contributed by atoms with Crippen molar-refractivity contribution in [2.24, 2.45) is 0 Å². The van der Waals surface area contributed by atoms with Crippen LogP contribution in [0, 0.1) is 0 Å². The van der Waals surface area contributed by atoms with E-state index >= 15 is 0 Å². The van der Waals surface area contributed by atoms with Crippen molar-refractivity contribution in [1.29, 1.82) is 0 Å². The van der Waals surface area contributed by atoms with Crippen LogP contribution in [0.3, 0.4) is 0 Å². The summed E-state index contributed by atoms with van der Waals surface area (Å²) in [6.07, 6.45) is -0.920. The molecule has 0 saturated carbocycles. The molecule has 2 unspecified atom stereocenters. The summed E-state index contributed by atoms with van der Waals surface area (Å²) in [5.74, 6) is 2.33. The van der Waals surface area contributed by atoms with Gasteiger partial charge in [0.15, 0.2) is 12.4 Å². The third kappa shape index (κ3) is 10.9. The van der Waals surface area contributed by atoms with Gasteiger partial charge in [0.05, 0.1) is 11.9 Å². The van der Waals surface area contributed by atoms with Gasteiger partial charge in [-0.2, -0.15) is 0 Å². The molecule has 8 nitrogen and oxygen atoms in total. The minimum atomic E-state index is -0.647. The summed E-state index contributed by atoms with van der Waals surface area (Å²) in [5, 5.41) is 9.40. The van der Waals surface area contributed by atoms with E-state index in [1.54, 1.807) is 47.3 Å². The van der Waals surface area contributed by atoms with Gasteiger partial charge in [-0.05, 0) is 18.2 Å².